The van der Waals surface area contributed by atoms with Gasteiger partial charge in [0.25, 0.3) is 0 Å². The minimum atomic E-state index is -3.48. The molecule has 0 atom stereocenters. The lowest BCUT2D eigenvalue weighted by Gasteiger charge is -2.25. The summed E-state index contributed by atoms with van der Waals surface area (Å²) in [6.45, 7) is 6.20. The minimum absolute atomic E-state index is 0.0747. The normalized spacial score (nSPS) is 12.5. The number of unbranched alkanes of at least 4 members (excludes halogenated alkanes) is 2. The molecule has 0 aliphatic heterocycles. The molecule has 1 aromatic rings. The number of nitrogens with one attached hydrogen (secondary N) is 1. The Morgan fingerprint density at radius 2 is 2.05 bits per heavy atom. The van der Waals surface area contributed by atoms with Gasteiger partial charge in [-0.2, -0.15) is 4.31 Å². The van der Waals surface area contributed by atoms with E-state index in [1.165, 1.54) is 16.6 Å². The van der Waals surface area contributed by atoms with Crippen LogP contribution in [0.3, 0.4) is 0 Å². The van der Waals surface area contributed by atoms with Crippen molar-refractivity contribution in [2.75, 3.05) is 6.54 Å². The quantitative estimate of drug-likeness (QED) is 0.719. The van der Waals surface area contributed by atoms with Crippen molar-refractivity contribution in [3.63, 3.8) is 0 Å². The fourth-order valence-corrected chi connectivity index (χ4v) is 3.66. The monoisotopic (exact) mass is 288 g/mol. The summed E-state index contributed by atoms with van der Waals surface area (Å²) in [5.74, 6) is 0. The number of H-pyrrole nitrogens is 1. The van der Waals surface area contributed by atoms with E-state index in [2.05, 4.69) is 11.9 Å². The molecule has 110 valence electrons. The van der Waals surface area contributed by atoms with Gasteiger partial charge >= 0.3 is 0 Å². The number of hydrogen-bond acceptors (Lipinski definition) is 3. The molecule has 0 fully saturated rings. The average molecular weight is 288 g/mol. The van der Waals surface area contributed by atoms with E-state index < -0.39 is 10.0 Å². The second-order valence-corrected chi connectivity index (χ2v) is 6.83. The van der Waals surface area contributed by atoms with Crippen LogP contribution in [0.5, 0.6) is 0 Å². The van der Waals surface area contributed by atoms with Crippen molar-refractivity contribution < 1.29 is 13.5 Å². The molecular weight excluding hydrogens is 264 g/mol. The van der Waals surface area contributed by atoms with Crippen LogP contribution in [0.25, 0.3) is 0 Å². The first-order valence-corrected chi connectivity index (χ1v) is 8.17. The molecule has 0 saturated heterocycles. The first-order valence-electron chi connectivity index (χ1n) is 6.73. The molecule has 19 heavy (non-hydrogen) atoms. The van der Waals surface area contributed by atoms with E-state index in [-0.39, 0.29) is 17.5 Å². The van der Waals surface area contributed by atoms with E-state index in [0.29, 0.717) is 12.2 Å². The molecule has 1 heterocycles. The van der Waals surface area contributed by atoms with E-state index in [0.717, 1.165) is 19.3 Å². The fraction of sp³-hybridized carbons (Fsp3) is 0.692. The molecule has 0 saturated carbocycles. The zero-order chi connectivity index (χ0) is 14.5. The van der Waals surface area contributed by atoms with Gasteiger partial charge in [0, 0.05) is 24.5 Å². The van der Waals surface area contributed by atoms with Gasteiger partial charge < -0.3 is 10.1 Å². The Morgan fingerprint density at radius 3 is 2.53 bits per heavy atom. The Balaban J connectivity index is 2.92. The molecule has 1 aromatic heterocycles. The molecule has 0 bridgehead atoms. The zero-order valence-corrected chi connectivity index (χ0v) is 12.7. The van der Waals surface area contributed by atoms with Crippen LogP contribution in [0.4, 0.5) is 0 Å². The summed E-state index contributed by atoms with van der Waals surface area (Å²) in [4.78, 5) is 2.99. The topological polar surface area (TPSA) is 73.4 Å². The number of rotatable bonds is 8. The molecule has 0 aliphatic carbocycles. The van der Waals surface area contributed by atoms with Gasteiger partial charge in [-0.3, -0.25) is 0 Å². The highest BCUT2D eigenvalue weighted by Gasteiger charge is 2.27. The van der Waals surface area contributed by atoms with Gasteiger partial charge in [0.15, 0.2) is 0 Å². The first-order chi connectivity index (χ1) is 8.93. The molecular formula is C13H24N2O3S. The van der Waals surface area contributed by atoms with E-state index >= 15 is 0 Å². The summed E-state index contributed by atoms with van der Waals surface area (Å²) in [5, 5.41) is 9.00. The lowest BCUT2D eigenvalue weighted by atomic mass is 10.2. The van der Waals surface area contributed by atoms with Crippen molar-refractivity contribution >= 4 is 10.0 Å². The third-order valence-electron chi connectivity index (χ3n) is 3.05. The molecule has 0 aliphatic rings. The van der Waals surface area contributed by atoms with Gasteiger partial charge in [0.2, 0.25) is 10.0 Å². The van der Waals surface area contributed by atoms with Gasteiger partial charge in [-0.25, -0.2) is 8.42 Å². The summed E-state index contributed by atoms with van der Waals surface area (Å²) >= 11 is 0. The lowest BCUT2D eigenvalue weighted by molar-refractivity contribution is 0.277. The number of aliphatic hydroxyl groups is 1. The van der Waals surface area contributed by atoms with Crippen molar-refractivity contribution in [1.29, 1.82) is 0 Å². The number of sulfonamides is 1. The predicted molar refractivity (Wildman–Crippen MR) is 75.3 cm³/mol. The molecule has 0 unspecified atom stereocenters. The van der Waals surface area contributed by atoms with Crippen LogP contribution in [0.1, 0.15) is 45.7 Å². The largest absolute Gasteiger partial charge is 0.390 e. The van der Waals surface area contributed by atoms with Gasteiger partial charge in [0.05, 0.1) is 11.5 Å². The van der Waals surface area contributed by atoms with Crippen LogP contribution in [0.2, 0.25) is 0 Å². The fourth-order valence-electron chi connectivity index (χ4n) is 1.97. The Morgan fingerprint density at radius 1 is 1.37 bits per heavy atom. The third-order valence-corrected chi connectivity index (χ3v) is 5.10. The molecule has 6 heteroatoms. The Hall–Kier alpha value is -0.850. The summed E-state index contributed by atoms with van der Waals surface area (Å²) in [7, 11) is -3.48. The molecule has 0 spiro atoms. The maximum absolute atomic E-state index is 12.5. The maximum atomic E-state index is 12.5. The molecule has 5 nitrogen and oxygen atoms in total. The van der Waals surface area contributed by atoms with Crippen LogP contribution in [0, 0.1) is 0 Å². The zero-order valence-electron chi connectivity index (χ0n) is 11.9. The van der Waals surface area contributed by atoms with Crippen molar-refractivity contribution in [3.8, 4) is 0 Å². The summed E-state index contributed by atoms with van der Waals surface area (Å²) < 4.78 is 26.6. The standard InChI is InChI=1S/C13H24N2O3S/c1-4-5-6-7-15(11(2)3)19(17,18)13-8-12(10-16)14-9-13/h8-9,11,14,16H,4-7,10H2,1-3H3. The van der Waals surface area contributed by atoms with Crippen LogP contribution in [0.15, 0.2) is 17.2 Å². The van der Waals surface area contributed by atoms with Crippen LogP contribution < -0.4 is 0 Å². The predicted octanol–water partition coefficient (Wildman–Crippen LogP) is 2.10. The number of aromatic nitrogens is 1. The maximum Gasteiger partial charge on any atom is 0.244 e. The van der Waals surface area contributed by atoms with Gasteiger partial charge in [-0.15, -0.1) is 0 Å². The Kier molecular flexibility index (Phi) is 6.03. The van der Waals surface area contributed by atoms with Gasteiger partial charge in [-0.05, 0) is 26.3 Å². The van der Waals surface area contributed by atoms with Crippen LogP contribution >= 0.6 is 0 Å². The van der Waals surface area contributed by atoms with Gasteiger partial charge in [0.1, 0.15) is 0 Å². The van der Waals surface area contributed by atoms with Crippen molar-refractivity contribution in [2.24, 2.45) is 0 Å². The average Bonchev–Trinajstić information content (AvgIpc) is 2.83. The molecule has 1 rings (SSSR count). The highest BCUT2D eigenvalue weighted by molar-refractivity contribution is 7.89. The highest BCUT2D eigenvalue weighted by Crippen LogP contribution is 2.20. The van der Waals surface area contributed by atoms with E-state index in [1.54, 1.807) is 0 Å². The van der Waals surface area contributed by atoms with Crippen molar-refractivity contribution in [3.05, 3.63) is 18.0 Å². The van der Waals surface area contributed by atoms with Crippen molar-refractivity contribution in [1.82, 2.24) is 9.29 Å². The summed E-state index contributed by atoms with van der Waals surface area (Å²) in [5.41, 5.74) is 0.510. The third kappa shape index (κ3) is 4.06. The van der Waals surface area contributed by atoms with Gasteiger partial charge in [-0.1, -0.05) is 19.8 Å². The number of aromatic amines is 1. The molecule has 2 N–H and O–H groups in total. The summed E-state index contributed by atoms with van der Waals surface area (Å²) in [6.07, 6.45) is 4.39. The number of nitrogens with zero attached hydrogens (tertiary/aromatic N) is 1. The van der Waals surface area contributed by atoms with Crippen LogP contribution in [-0.4, -0.2) is 35.4 Å². The summed E-state index contributed by atoms with van der Waals surface area (Å²) in [6, 6.07) is 1.42. The SMILES string of the molecule is CCCCCN(C(C)C)S(=O)(=O)c1c[nH]c(CO)c1. The minimum Gasteiger partial charge on any atom is -0.390 e. The number of aliphatic hydroxyl groups excluding tert-OH is 1. The smallest absolute Gasteiger partial charge is 0.244 e. The highest BCUT2D eigenvalue weighted by atomic mass is 32.2. The van der Waals surface area contributed by atoms with Crippen LogP contribution in [-0.2, 0) is 16.6 Å². The first kappa shape index (κ1) is 16.2. The molecule has 0 aromatic carbocycles. The molecule has 0 amide bonds. The second-order valence-electron chi connectivity index (χ2n) is 4.94. The van der Waals surface area contributed by atoms with Crippen molar-refractivity contribution in [2.45, 2.75) is 57.6 Å². The Bertz CT molecular complexity index is 480. The Labute approximate surface area is 115 Å². The van der Waals surface area contributed by atoms with E-state index in [4.69, 9.17) is 5.11 Å². The number of hydrogen-bond donors (Lipinski definition) is 2. The molecule has 0 radical (unpaired) electrons. The lowest BCUT2D eigenvalue weighted by Crippen LogP contribution is -2.37. The van der Waals surface area contributed by atoms with E-state index in [1.807, 2.05) is 13.8 Å². The van der Waals surface area contributed by atoms with E-state index in [9.17, 15) is 8.42 Å². The second kappa shape index (κ2) is 7.07.